The van der Waals surface area contributed by atoms with Crippen LogP contribution in [0.1, 0.15) is 0 Å². The van der Waals surface area contributed by atoms with Crippen molar-refractivity contribution in [2.24, 2.45) is 0 Å². The van der Waals surface area contributed by atoms with Crippen molar-refractivity contribution < 1.29 is 4.42 Å². The molecule has 0 radical (unpaired) electrons. The fraction of sp³-hybridized carbons (Fsp3) is 0. The first-order chi connectivity index (χ1) is 33.2. The van der Waals surface area contributed by atoms with E-state index < -0.39 is 0 Å². The second-order valence-corrected chi connectivity index (χ2v) is 17.3. The van der Waals surface area contributed by atoms with Crippen LogP contribution in [0.2, 0.25) is 0 Å². The van der Waals surface area contributed by atoms with E-state index >= 15 is 0 Å². The minimum absolute atomic E-state index is 0.911. The van der Waals surface area contributed by atoms with Gasteiger partial charge in [-0.1, -0.05) is 182 Å². The van der Waals surface area contributed by atoms with Gasteiger partial charge < -0.3 is 13.9 Å². The van der Waals surface area contributed by atoms with Crippen LogP contribution in [0.25, 0.3) is 105 Å². The predicted molar refractivity (Wildman–Crippen MR) is 282 cm³/mol. The molecule has 3 heteroatoms. The summed E-state index contributed by atoms with van der Waals surface area (Å²) >= 11 is 0. The molecule has 0 saturated heterocycles. The lowest BCUT2D eigenvalue weighted by atomic mass is 9.98. The maximum absolute atomic E-state index is 6.37. The van der Waals surface area contributed by atoms with E-state index in [2.05, 4.69) is 252 Å². The first kappa shape index (κ1) is 38.5. The van der Waals surface area contributed by atoms with E-state index in [0.717, 1.165) is 66.9 Å². The molecule has 3 nitrogen and oxygen atoms in total. The zero-order valence-corrected chi connectivity index (χ0v) is 36.6. The summed E-state index contributed by atoms with van der Waals surface area (Å²) in [4.78, 5) is 2.35. The van der Waals surface area contributed by atoms with Crippen molar-refractivity contribution >= 4 is 71.6 Å². The Morgan fingerprint density at radius 3 is 1.33 bits per heavy atom. The van der Waals surface area contributed by atoms with Gasteiger partial charge in [-0.3, -0.25) is 0 Å². The van der Waals surface area contributed by atoms with Crippen LogP contribution < -0.4 is 4.90 Å². The lowest BCUT2D eigenvalue weighted by molar-refractivity contribution is 0.670. The maximum atomic E-state index is 6.37. The average Bonchev–Trinajstić information content (AvgIpc) is 3.96. The number of hydrogen-bond acceptors (Lipinski definition) is 2. The Balaban J connectivity index is 0.836. The van der Waals surface area contributed by atoms with Crippen molar-refractivity contribution in [2.75, 3.05) is 4.90 Å². The molecule has 2 aromatic heterocycles. The van der Waals surface area contributed by atoms with Gasteiger partial charge in [0.2, 0.25) is 0 Å². The van der Waals surface area contributed by atoms with E-state index in [1.807, 2.05) is 12.1 Å². The standard InChI is InChI=1S/C64H42N2O/c1-2-11-50-42-51(29-26-43(50)10-1)48-22-20-44(21-23-48)46-30-34-52(35-31-46)65(54-38-40-55(41-39-54)66-61-17-6-3-12-57(61)58-13-4-7-18-62(58)66)53-36-32-47(33-37-53)45-24-27-49(28-25-45)56-15-9-16-60-59-14-5-8-19-63(59)67-64(56)60/h1-42H. The van der Waals surface area contributed by atoms with Gasteiger partial charge in [-0.15, -0.1) is 0 Å². The summed E-state index contributed by atoms with van der Waals surface area (Å²) in [6, 6.07) is 91.9. The van der Waals surface area contributed by atoms with Crippen LogP contribution in [0.3, 0.4) is 0 Å². The molecule has 0 N–H and O–H groups in total. The van der Waals surface area contributed by atoms with Gasteiger partial charge in [0, 0.05) is 49.9 Å². The van der Waals surface area contributed by atoms with Crippen molar-refractivity contribution in [3.05, 3.63) is 255 Å². The molecule has 0 atom stereocenters. The summed E-state index contributed by atoms with van der Waals surface area (Å²) in [5.41, 5.74) is 17.9. The Hall–Kier alpha value is -8.92. The van der Waals surface area contributed by atoms with E-state index in [-0.39, 0.29) is 0 Å². The average molecular weight is 855 g/mol. The summed E-state index contributed by atoms with van der Waals surface area (Å²) in [5, 5.41) is 7.30. The predicted octanol–water partition coefficient (Wildman–Crippen LogP) is 18.0. The molecule has 0 amide bonds. The molecule has 0 spiro atoms. The van der Waals surface area contributed by atoms with E-state index in [1.54, 1.807) is 0 Å². The van der Waals surface area contributed by atoms with Crippen LogP contribution in [0.5, 0.6) is 0 Å². The first-order valence-corrected chi connectivity index (χ1v) is 22.9. The number of rotatable bonds is 8. The van der Waals surface area contributed by atoms with Gasteiger partial charge in [0.15, 0.2) is 0 Å². The summed E-state index contributed by atoms with van der Waals surface area (Å²) < 4.78 is 8.75. The third kappa shape index (κ3) is 6.76. The fourth-order valence-electron chi connectivity index (χ4n) is 10.0. The molecule has 0 unspecified atom stereocenters. The summed E-state index contributed by atoms with van der Waals surface area (Å²) in [6.45, 7) is 0. The van der Waals surface area contributed by atoms with Crippen LogP contribution in [-0.2, 0) is 0 Å². The van der Waals surface area contributed by atoms with Gasteiger partial charge in [-0.05, 0) is 123 Å². The Kier molecular flexibility index (Phi) is 9.17. The third-order valence-corrected chi connectivity index (χ3v) is 13.4. The van der Waals surface area contributed by atoms with E-state index in [9.17, 15) is 0 Å². The minimum Gasteiger partial charge on any atom is -0.455 e. The third-order valence-electron chi connectivity index (χ3n) is 13.4. The second-order valence-electron chi connectivity index (χ2n) is 17.3. The minimum atomic E-state index is 0.911. The fourth-order valence-corrected chi connectivity index (χ4v) is 10.0. The van der Waals surface area contributed by atoms with Gasteiger partial charge in [0.1, 0.15) is 11.2 Å². The topological polar surface area (TPSA) is 21.3 Å². The quantitative estimate of drug-likeness (QED) is 0.152. The van der Waals surface area contributed by atoms with E-state index in [4.69, 9.17) is 4.42 Å². The molecular weight excluding hydrogens is 813 g/mol. The van der Waals surface area contributed by atoms with Gasteiger partial charge in [0.05, 0.1) is 11.0 Å². The monoisotopic (exact) mass is 854 g/mol. The molecule has 0 fully saturated rings. The Bertz CT molecular complexity index is 3880. The van der Waals surface area contributed by atoms with Gasteiger partial charge in [-0.2, -0.15) is 0 Å². The molecule has 11 aromatic carbocycles. The van der Waals surface area contributed by atoms with Crippen LogP contribution in [0.4, 0.5) is 17.1 Å². The van der Waals surface area contributed by atoms with Crippen molar-refractivity contribution in [3.63, 3.8) is 0 Å². The number of hydrogen-bond donors (Lipinski definition) is 0. The molecule has 67 heavy (non-hydrogen) atoms. The molecule has 0 aliphatic rings. The molecule has 2 heterocycles. The lowest BCUT2D eigenvalue weighted by Gasteiger charge is -2.26. The molecule has 13 aromatic rings. The summed E-state index contributed by atoms with van der Waals surface area (Å²) in [5.74, 6) is 0. The smallest absolute Gasteiger partial charge is 0.143 e. The molecular formula is C64H42N2O. The highest BCUT2D eigenvalue weighted by molar-refractivity contribution is 6.10. The summed E-state index contributed by atoms with van der Waals surface area (Å²) in [6.07, 6.45) is 0. The number of benzene rings is 11. The Labute approximate surface area is 388 Å². The highest BCUT2D eigenvalue weighted by Crippen LogP contribution is 2.40. The van der Waals surface area contributed by atoms with E-state index in [0.29, 0.717) is 0 Å². The van der Waals surface area contributed by atoms with Crippen LogP contribution in [-0.4, -0.2) is 4.57 Å². The number of para-hydroxylation sites is 4. The Morgan fingerprint density at radius 2 is 0.731 bits per heavy atom. The number of fused-ring (bicyclic) bond motifs is 7. The van der Waals surface area contributed by atoms with Gasteiger partial charge in [0.25, 0.3) is 0 Å². The molecule has 0 aliphatic carbocycles. The molecule has 0 saturated carbocycles. The van der Waals surface area contributed by atoms with Crippen LogP contribution in [0, 0.1) is 0 Å². The highest BCUT2D eigenvalue weighted by Gasteiger charge is 2.17. The number of furan rings is 1. The van der Waals surface area contributed by atoms with Gasteiger partial charge >= 0.3 is 0 Å². The zero-order chi connectivity index (χ0) is 44.3. The number of nitrogens with zero attached hydrogens (tertiary/aromatic N) is 2. The summed E-state index contributed by atoms with van der Waals surface area (Å²) in [7, 11) is 0. The van der Waals surface area contributed by atoms with Crippen LogP contribution in [0.15, 0.2) is 259 Å². The van der Waals surface area contributed by atoms with E-state index in [1.165, 1.54) is 54.8 Å². The van der Waals surface area contributed by atoms with Crippen LogP contribution >= 0.6 is 0 Å². The molecule has 0 bridgehead atoms. The zero-order valence-electron chi connectivity index (χ0n) is 36.6. The van der Waals surface area contributed by atoms with Gasteiger partial charge in [-0.25, -0.2) is 0 Å². The molecule has 0 aliphatic heterocycles. The lowest BCUT2D eigenvalue weighted by Crippen LogP contribution is -2.10. The van der Waals surface area contributed by atoms with Crippen molar-refractivity contribution in [1.29, 1.82) is 0 Å². The van der Waals surface area contributed by atoms with Crippen molar-refractivity contribution in [3.8, 4) is 50.2 Å². The second kappa shape index (κ2) is 16.0. The van der Waals surface area contributed by atoms with Crippen molar-refractivity contribution in [1.82, 2.24) is 4.57 Å². The number of anilines is 3. The number of aromatic nitrogens is 1. The molecule has 13 rings (SSSR count). The highest BCUT2D eigenvalue weighted by atomic mass is 16.3. The molecule has 314 valence electrons. The first-order valence-electron chi connectivity index (χ1n) is 22.9. The van der Waals surface area contributed by atoms with Crippen molar-refractivity contribution in [2.45, 2.75) is 0 Å². The normalized spacial score (nSPS) is 11.6. The maximum Gasteiger partial charge on any atom is 0.143 e. The largest absolute Gasteiger partial charge is 0.455 e. The Morgan fingerprint density at radius 1 is 0.299 bits per heavy atom. The SMILES string of the molecule is c1ccc2cc(-c3ccc(-c4ccc(N(c5ccc(-c6ccc(-c7cccc8c7oc7ccccc78)cc6)cc5)c5ccc(-n6c7ccccc7c7ccccc76)cc5)cc4)cc3)ccc2c1.